The zero-order valence-corrected chi connectivity index (χ0v) is 21.0. The lowest BCUT2D eigenvalue weighted by molar-refractivity contribution is -0.131. The molecule has 0 unspecified atom stereocenters. The summed E-state index contributed by atoms with van der Waals surface area (Å²) >= 11 is 0. The number of H-pyrrole nitrogens is 1. The van der Waals surface area contributed by atoms with Crippen LogP contribution in [0.25, 0.3) is 22.2 Å². The molecule has 1 aliphatic rings. The standard InChI is InChI=1S/C30H24FN5O3/c1-18-16-24-26(17-23(18)25-10-15-33-36-25)32-14-11-27(24)39-22-8-6-21(7-9-22)35-29(38)30(12-13-30)28(37)34-20-4-2-19(31)3-5-20/h2-11,14-17H,12-13H2,1H3,(H,33,36)(H,34,37)(H,35,38). The van der Waals surface area contributed by atoms with Gasteiger partial charge in [0.05, 0.1) is 11.2 Å². The minimum atomic E-state index is -1.13. The topological polar surface area (TPSA) is 109 Å². The van der Waals surface area contributed by atoms with E-state index in [-0.39, 0.29) is 5.91 Å². The molecule has 2 heterocycles. The second-order valence-electron chi connectivity index (χ2n) is 9.58. The molecule has 39 heavy (non-hydrogen) atoms. The van der Waals surface area contributed by atoms with Gasteiger partial charge < -0.3 is 15.4 Å². The number of rotatable bonds is 7. The molecule has 0 bridgehead atoms. The van der Waals surface area contributed by atoms with Crippen LogP contribution in [0.3, 0.4) is 0 Å². The van der Waals surface area contributed by atoms with Crippen LogP contribution in [0.15, 0.2) is 85.2 Å². The minimum Gasteiger partial charge on any atom is -0.457 e. The van der Waals surface area contributed by atoms with E-state index in [0.29, 0.717) is 35.7 Å². The first-order valence-corrected chi connectivity index (χ1v) is 12.5. The Labute approximate surface area is 223 Å². The van der Waals surface area contributed by atoms with E-state index in [1.807, 2.05) is 31.2 Å². The summed E-state index contributed by atoms with van der Waals surface area (Å²) in [5, 5.41) is 13.5. The average molecular weight is 522 g/mol. The monoisotopic (exact) mass is 521 g/mol. The summed E-state index contributed by atoms with van der Waals surface area (Å²) < 4.78 is 19.3. The van der Waals surface area contributed by atoms with Crippen molar-refractivity contribution in [2.24, 2.45) is 5.41 Å². The molecule has 0 spiro atoms. The van der Waals surface area contributed by atoms with Gasteiger partial charge in [0, 0.05) is 34.7 Å². The average Bonchev–Trinajstić information content (AvgIpc) is 3.58. The van der Waals surface area contributed by atoms with E-state index in [1.54, 1.807) is 36.7 Å². The van der Waals surface area contributed by atoms with Crippen molar-refractivity contribution in [3.8, 4) is 22.8 Å². The number of amides is 2. The van der Waals surface area contributed by atoms with Crippen LogP contribution in [0.1, 0.15) is 18.4 Å². The maximum Gasteiger partial charge on any atom is 0.240 e. The number of aryl methyl sites for hydroxylation is 1. The third-order valence-electron chi connectivity index (χ3n) is 6.89. The number of anilines is 2. The molecule has 6 rings (SSSR count). The zero-order valence-electron chi connectivity index (χ0n) is 21.0. The first-order chi connectivity index (χ1) is 18.9. The van der Waals surface area contributed by atoms with Crippen LogP contribution in [0.2, 0.25) is 0 Å². The fourth-order valence-electron chi connectivity index (χ4n) is 4.50. The lowest BCUT2D eigenvalue weighted by Gasteiger charge is -2.16. The van der Waals surface area contributed by atoms with Crippen molar-refractivity contribution in [3.63, 3.8) is 0 Å². The second-order valence-corrected chi connectivity index (χ2v) is 9.58. The van der Waals surface area contributed by atoms with Crippen LogP contribution < -0.4 is 15.4 Å². The number of nitrogens with one attached hydrogen (secondary N) is 3. The molecule has 3 aromatic carbocycles. The van der Waals surface area contributed by atoms with Gasteiger partial charge in [0.2, 0.25) is 11.8 Å². The Kier molecular flexibility index (Phi) is 6.03. The van der Waals surface area contributed by atoms with Crippen LogP contribution in [-0.2, 0) is 9.59 Å². The largest absolute Gasteiger partial charge is 0.457 e. The normalized spacial score (nSPS) is 13.6. The molecule has 1 saturated carbocycles. The Balaban J connectivity index is 1.14. The number of benzene rings is 3. The maximum absolute atomic E-state index is 13.1. The highest BCUT2D eigenvalue weighted by Crippen LogP contribution is 2.47. The van der Waals surface area contributed by atoms with Crippen LogP contribution in [0.4, 0.5) is 15.8 Å². The number of ether oxygens (including phenoxy) is 1. The molecule has 0 radical (unpaired) electrons. The highest BCUT2D eigenvalue weighted by Gasteiger charge is 2.56. The molecule has 8 nitrogen and oxygen atoms in total. The molecule has 194 valence electrons. The number of nitrogens with zero attached hydrogens (tertiary/aromatic N) is 2. The van der Waals surface area contributed by atoms with Crippen molar-refractivity contribution in [3.05, 3.63) is 96.6 Å². The number of aromatic amines is 1. The Morgan fingerprint density at radius 3 is 2.21 bits per heavy atom. The van der Waals surface area contributed by atoms with Gasteiger partial charge >= 0.3 is 0 Å². The highest BCUT2D eigenvalue weighted by molar-refractivity contribution is 6.16. The predicted octanol–water partition coefficient (Wildman–Crippen LogP) is 6.22. The number of aromatic nitrogens is 3. The number of carbonyl (C=O) groups excluding carboxylic acids is 2. The van der Waals surface area contributed by atoms with Crippen molar-refractivity contribution in [1.82, 2.24) is 15.2 Å². The van der Waals surface area contributed by atoms with E-state index in [0.717, 1.165) is 27.7 Å². The molecule has 1 aliphatic carbocycles. The summed E-state index contributed by atoms with van der Waals surface area (Å²) in [6, 6.07) is 20.2. The van der Waals surface area contributed by atoms with Gasteiger partial charge in [-0.15, -0.1) is 0 Å². The van der Waals surface area contributed by atoms with Crippen LogP contribution in [0.5, 0.6) is 11.5 Å². The minimum absolute atomic E-state index is 0.376. The quantitative estimate of drug-likeness (QED) is 0.220. The molecule has 3 N–H and O–H groups in total. The molecule has 2 amide bonds. The first kappa shape index (κ1) is 24.3. The van der Waals surface area contributed by atoms with Gasteiger partial charge in [-0.3, -0.25) is 19.7 Å². The summed E-state index contributed by atoms with van der Waals surface area (Å²) in [7, 11) is 0. The van der Waals surface area contributed by atoms with Crippen molar-refractivity contribution in [2.75, 3.05) is 10.6 Å². The van der Waals surface area contributed by atoms with Gasteiger partial charge in [-0.25, -0.2) is 4.39 Å². The van der Waals surface area contributed by atoms with E-state index in [1.165, 1.54) is 24.3 Å². The maximum atomic E-state index is 13.1. The van der Waals surface area contributed by atoms with E-state index < -0.39 is 17.1 Å². The first-order valence-electron chi connectivity index (χ1n) is 12.5. The lowest BCUT2D eigenvalue weighted by Crippen LogP contribution is -2.35. The Bertz CT molecular complexity index is 1680. The van der Waals surface area contributed by atoms with Crippen LogP contribution in [-0.4, -0.2) is 27.0 Å². The molecular formula is C30H24FN5O3. The molecular weight excluding hydrogens is 497 g/mol. The number of carbonyl (C=O) groups is 2. The Morgan fingerprint density at radius 2 is 1.59 bits per heavy atom. The van der Waals surface area contributed by atoms with Crippen molar-refractivity contribution in [1.29, 1.82) is 0 Å². The predicted molar refractivity (Wildman–Crippen MR) is 146 cm³/mol. The molecule has 2 aromatic heterocycles. The van der Waals surface area contributed by atoms with E-state index >= 15 is 0 Å². The number of halogens is 1. The van der Waals surface area contributed by atoms with Gasteiger partial charge in [-0.1, -0.05) is 0 Å². The van der Waals surface area contributed by atoms with Crippen molar-refractivity contribution < 1.29 is 18.7 Å². The summed E-state index contributed by atoms with van der Waals surface area (Å²) in [6.07, 6.45) is 4.38. The van der Waals surface area contributed by atoms with Gasteiger partial charge in [-0.05, 0) is 98.1 Å². The smallest absolute Gasteiger partial charge is 0.240 e. The van der Waals surface area contributed by atoms with Crippen molar-refractivity contribution >= 4 is 34.1 Å². The molecule has 0 aliphatic heterocycles. The third kappa shape index (κ3) is 4.82. The molecule has 9 heteroatoms. The number of hydrogen-bond donors (Lipinski definition) is 3. The van der Waals surface area contributed by atoms with Crippen LogP contribution >= 0.6 is 0 Å². The Morgan fingerprint density at radius 1 is 0.923 bits per heavy atom. The van der Waals surface area contributed by atoms with E-state index in [2.05, 4.69) is 25.8 Å². The number of fused-ring (bicyclic) bond motifs is 1. The van der Waals surface area contributed by atoms with Gasteiger partial charge in [-0.2, -0.15) is 5.10 Å². The lowest BCUT2D eigenvalue weighted by atomic mass is 10.0. The number of hydrogen-bond acceptors (Lipinski definition) is 5. The summed E-state index contributed by atoms with van der Waals surface area (Å²) in [4.78, 5) is 30.3. The number of pyridine rings is 1. The third-order valence-corrected chi connectivity index (χ3v) is 6.89. The molecule has 1 fully saturated rings. The summed E-state index contributed by atoms with van der Waals surface area (Å²) in [6.45, 7) is 2.02. The summed E-state index contributed by atoms with van der Waals surface area (Å²) in [5.41, 5.74) is 3.53. The molecule has 0 atom stereocenters. The molecule has 0 saturated heterocycles. The second kappa shape index (κ2) is 9.68. The van der Waals surface area contributed by atoms with Crippen molar-refractivity contribution in [2.45, 2.75) is 19.8 Å². The summed E-state index contributed by atoms with van der Waals surface area (Å²) in [5.74, 6) is 0.0689. The fourth-order valence-corrected chi connectivity index (χ4v) is 4.50. The van der Waals surface area contributed by atoms with Gasteiger partial charge in [0.1, 0.15) is 22.7 Å². The zero-order chi connectivity index (χ0) is 27.0. The fraction of sp³-hybridized carbons (Fsp3) is 0.133. The highest BCUT2D eigenvalue weighted by atomic mass is 19.1. The van der Waals surface area contributed by atoms with E-state index in [4.69, 9.17) is 4.74 Å². The van der Waals surface area contributed by atoms with Gasteiger partial charge in [0.15, 0.2) is 0 Å². The molecule has 5 aromatic rings. The van der Waals surface area contributed by atoms with E-state index in [9.17, 15) is 14.0 Å². The SMILES string of the molecule is Cc1cc2c(Oc3ccc(NC(=O)C4(C(=O)Nc5ccc(F)cc5)CC4)cc3)ccnc2cc1-c1cc[nH]n1. The Hall–Kier alpha value is -5.05. The van der Waals surface area contributed by atoms with Crippen LogP contribution in [0, 0.1) is 18.2 Å². The van der Waals surface area contributed by atoms with Gasteiger partial charge in [0.25, 0.3) is 0 Å².